The van der Waals surface area contributed by atoms with Gasteiger partial charge >= 0.3 is 11.9 Å². The first-order valence-electron chi connectivity index (χ1n) is 6.79. The van der Waals surface area contributed by atoms with Crippen molar-refractivity contribution >= 4 is 35.3 Å². The molecule has 1 aromatic carbocycles. The second-order valence-electron chi connectivity index (χ2n) is 4.19. The van der Waals surface area contributed by atoms with Crippen LogP contribution in [0.1, 0.15) is 23.7 Å². The minimum Gasteiger partial charge on any atom is -0.469 e. The number of carbonyl (C=O) groups is 3. The van der Waals surface area contributed by atoms with Crippen molar-refractivity contribution in [2.24, 2.45) is 0 Å². The molecule has 0 aliphatic heterocycles. The van der Waals surface area contributed by atoms with Gasteiger partial charge in [-0.15, -0.1) is 0 Å². The minimum absolute atomic E-state index is 0.189. The van der Waals surface area contributed by atoms with Gasteiger partial charge in [0.25, 0.3) is 0 Å². The Morgan fingerprint density at radius 3 is 2.64 bits per heavy atom. The molecular weight excluding hydrogens is 306 g/mol. The molecule has 0 unspecified atom stereocenters. The number of anilines is 1. The molecule has 6 nitrogen and oxygen atoms in total. The number of thioether (sulfide) groups is 1. The highest BCUT2D eigenvalue weighted by molar-refractivity contribution is 7.99. The van der Waals surface area contributed by atoms with E-state index in [-0.39, 0.29) is 30.7 Å². The third-order valence-electron chi connectivity index (χ3n) is 2.61. The zero-order valence-electron chi connectivity index (χ0n) is 12.6. The fourth-order valence-corrected chi connectivity index (χ4v) is 2.30. The first kappa shape index (κ1) is 18.0. The monoisotopic (exact) mass is 325 g/mol. The zero-order chi connectivity index (χ0) is 16.4. The van der Waals surface area contributed by atoms with Gasteiger partial charge in [0.15, 0.2) is 0 Å². The molecule has 0 saturated heterocycles. The van der Waals surface area contributed by atoms with E-state index in [0.717, 1.165) is 0 Å². The van der Waals surface area contributed by atoms with Gasteiger partial charge in [-0.1, -0.05) is 12.1 Å². The van der Waals surface area contributed by atoms with E-state index in [9.17, 15) is 14.4 Å². The predicted octanol–water partition coefficient (Wildman–Crippen LogP) is 2.10. The summed E-state index contributed by atoms with van der Waals surface area (Å²) in [6, 6.07) is 6.66. The molecule has 7 heteroatoms. The predicted molar refractivity (Wildman–Crippen MR) is 85.0 cm³/mol. The highest BCUT2D eigenvalue weighted by Crippen LogP contribution is 2.17. The van der Waals surface area contributed by atoms with Crippen LogP contribution in [-0.4, -0.2) is 43.1 Å². The molecule has 0 aromatic heterocycles. The van der Waals surface area contributed by atoms with Crippen LogP contribution in [0.25, 0.3) is 0 Å². The average Bonchev–Trinajstić information content (AvgIpc) is 2.52. The molecular formula is C15H19NO5S. The molecule has 0 spiro atoms. The van der Waals surface area contributed by atoms with Gasteiger partial charge in [0.05, 0.1) is 37.1 Å². The Morgan fingerprint density at radius 2 is 1.95 bits per heavy atom. The molecule has 0 aliphatic carbocycles. The molecule has 22 heavy (non-hydrogen) atoms. The van der Waals surface area contributed by atoms with Gasteiger partial charge in [-0.3, -0.25) is 9.59 Å². The number of ether oxygens (including phenoxy) is 2. The lowest BCUT2D eigenvalue weighted by molar-refractivity contribution is -0.140. The number of carbonyl (C=O) groups excluding carboxylic acids is 3. The van der Waals surface area contributed by atoms with Crippen molar-refractivity contribution in [3.8, 4) is 0 Å². The van der Waals surface area contributed by atoms with E-state index < -0.39 is 5.97 Å². The summed E-state index contributed by atoms with van der Waals surface area (Å²) in [6.07, 6.45) is 0.258. The molecule has 120 valence electrons. The molecule has 1 amide bonds. The number of rotatable bonds is 8. The molecule has 1 aromatic rings. The van der Waals surface area contributed by atoms with E-state index in [1.807, 2.05) is 0 Å². The molecule has 0 heterocycles. The summed E-state index contributed by atoms with van der Waals surface area (Å²) in [7, 11) is 1.33. The first-order valence-corrected chi connectivity index (χ1v) is 7.94. The van der Waals surface area contributed by atoms with Crippen molar-refractivity contribution in [2.45, 2.75) is 13.3 Å². The topological polar surface area (TPSA) is 81.7 Å². The zero-order valence-corrected chi connectivity index (χ0v) is 13.4. The maximum atomic E-state index is 11.9. The van der Waals surface area contributed by atoms with Crippen LogP contribution in [0.15, 0.2) is 24.3 Å². The molecule has 0 atom stereocenters. The first-order chi connectivity index (χ1) is 10.6. The lowest BCUT2D eigenvalue weighted by atomic mass is 10.2. The van der Waals surface area contributed by atoms with Crippen molar-refractivity contribution < 1.29 is 23.9 Å². The Kier molecular flexibility index (Phi) is 8.06. The van der Waals surface area contributed by atoms with Gasteiger partial charge in [-0.2, -0.15) is 11.8 Å². The van der Waals surface area contributed by atoms with Crippen LogP contribution in [0.3, 0.4) is 0 Å². The maximum Gasteiger partial charge on any atom is 0.340 e. The summed E-state index contributed by atoms with van der Waals surface area (Å²) in [5.41, 5.74) is 0.733. The molecule has 0 fully saturated rings. The number of hydrogen-bond acceptors (Lipinski definition) is 6. The second-order valence-corrected chi connectivity index (χ2v) is 5.30. The Bertz CT molecular complexity index is 532. The third-order valence-corrected chi connectivity index (χ3v) is 3.57. The number of hydrogen-bond donors (Lipinski definition) is 1. The van der Waals surface area contributed by atoms with Gasteiger partial charge in [-0.05, 0) is 19.1 Å². The van der Waals surface area contributed by atoms with Crippen LogP contribution in [-0.2, 0) is 19.1 Å². The van der Waals surface area contributed by atoms with E-state index in [4.69, 9.17) is 4.74 Å². The van der Waals surface area contributed by atoms with E-state index in [1.165, 1.54) is 18.9 Å². The molecule has 0 bridgehead atoms. The molecule has 1 rings (SSSR count). The van der Waals surface area contributed by atoms with Crippen molar-refractivity contribution in [1.82, 2.24) is 0 Å². The Labute approximate surface area is 133 Å². The van der Waals surface area contributed by atoms with Crippen LogP contribution in [0.2, 0.25) is 0 Å². The number of esters is 2. The summed E-state index contributed by atoms with van der Waals surface area (Å²) < 4.78 is 9.45. The molecule has 0 saturated carbocycles. The van der Waals surface area contributed by atoms with Gasteiger partial charge in [0.2, 0.25) is 5.91 Å². The fourth-order valence-electron chi connectivity index (χ4n) is 1.59. The van der Waals surface area contributed by atoms with Gasteiger partial charge in [0, 0.05) is 5.75 Å². The Hall–Kier alpha value is -2.02. The summed E-state index contributed by atoms with van der Waals surface area (Å²) in [6.45, 7) is 1.99. The van der Waals surface area contributed by atoms with Crippen LogP contribution >= 0.6 is 11.8 Å². The van der Waals surface area contributed by atoms with Crippen molar-refractivity contribution in [2.75, 3.05) is 30.5 Å². The van der Waals surface area contributed by atoms with E-state index in [0.29, 0.717) is 17.0 Å². The van der Waals surface area contributed by atoms with Crippen molar-refractivity contribution in [3.05, 3.63) is 29.8 Å². The minimum atomic E-state index is -0.475. The molecule has 0 radical (unpaired) electrons. The van der Waals surface area contributed by atoms with Crippen molar-refractivity contribution in [3.63, 3.8) is 0 Å². The lowest BCUT2D eigenvalue weighted by Crippen LogP contribution is -2.17. The van der Waals surface area contributed by atoms with E-state index in [1.54, 1.807) is 31.2 Å². The quantitative estimate of drug-likeness (QED) is 0.582. The third kappa shape index (κ3) is 6.17. The SMILES string of the molecule is CCOC(=O)c1ccccc1NC(=O)CSCCC(=O)OC. The Morgan fingerprint density at radius 1 is 1.23 bits per heavy atom. The standard InChI is InChI=1S/C15H19NO5S/c1-3-21-15(19)11-6-4-5-7-12(11)16-13(17)10-22-9-8-14(18)20-2/h4-7H,3,8-10H2,1-2H3,(H,16,17). The lowest BCUT2D eigenvalue weighted by Gasteiger charge is -2.10. The largest absolute Gasteiger partial charge is 0.469 e. The van der Waals surface area contributed by atoms with E-state index in [2.05, 4.69) is 10.1 Å². The number of nitrogens with one attached hydrogen (secondary N) is 1. The average molecular weight is 325 g/mol. The van der Waals surface area contributed by atoms with E-state index >= 15 is 0 Å². The molecule has 0 aliphatic rings. The van der Waals surface area contributed by atoms with Crippen LogP contribution in [0.5, 0.6) is 0 Å². The van der Waals surface area contributed by atoms with Gasteiger partial charge in [-0.25, -0.2) is 4.79 Å². The summed E-state index contributed by atoms with van der Waals surface area (Å²) in [5.74, 6) is -0.336. The van der Waals surface area contributed by atoms with Gasteiger partial charge < -0.3 is 14.8 Å². The maximum absolute atomic E-state index is 11.9. The summed E-state index contributed by atoms with van der Waals surface area (Å²) in [5, 5.41) is 2.68. The highest BCUT2D eigenvalue weighted by atomic mass is 32.2. The molecule has 1 N–H and O–H groups in total. The number of benzene rings is 1. The Balaban J connectivity index is 2.50. The smallest absolute Gasteiger partial charge is 0.340 e. The fraction of sp³-hybridized carbons (Fsp3) is 0.400. The summed E-state index contributed by atoms with van der Waals surface area (Å²) in [4.78, 5) is 34.6. The van der Waals surface area contributed by atoms with Crippen LogP contribution in [0.4, 0.5) is 5.69 Å². The number of para-hydroxylation sites is 1. The number of methoxy groups -OCH3 is 1. The normalized spacial score (nSPS) is 9.91. The van der Waals surface area contributed by atoms with Crippen molar-refractivity contribution in [1.29, 1.82) is 0 Å². The highest BCUT2D eigenvalue weighted by Gasteiger charge is 2.13. The van der Waals surface area contributed by atoms with Crippen LogP contribution < -0.4 is 5.32 Å². The number of amides is 1. The second kappa shape index (κ2) is 9.83. The van der Waals surface area contributed by atoms with Gasteiger partial charge in [0.1, 0.15) is 0 Å². The summed E-state index contributed by atoms with van der Waals surface area (Å²) >= 11 is 1.32. The van der Waals surface area contributed by atoms with Crippen LogP contribution in [0, 0.1) is 0 Å².